The summed E-state index contributed by atoms with van der Waals surface area (Å²) in [6.07, 6.45) is 3.90. The van der Waals surface area contributed by atoms with E-state index < -0.39 is 29.4 Å². The fraction of sp³-hybridized carbons (Fsp3) is 0.455. The molecule has 1 aromatic heterocycles. The summed E-state index contributed by atoms with van der Waals surface area (Å²) >= 11 is 0. The van der Waals surface area contributed by atoms with E-state index >= 15 is 8.78 Å². The van der Waals surface area contributed by atoms with Gasteiger partial charge >= 0.3 is 6.01 Å². The van der Waals surface area contributed by atoms with Gasteiger partial charge in [-0.05, 0) is 73.9 Å². The van der Waals surface area contributed by atoms with Gasteiger partial charge in [-0.1, -0.05) is 24.8 Å². The number of carbonyl (C=O) groups excluding carboxylic acids is 1. The van der Waals surface area contributed by atoms with Crippen LogP contribution in [0.4, 0.5) is 19.0 Å². The van der Waals surface area contributed by atoms with E-state index in [-0.39, 0.29) is 60.4 Å². The highest BCUT2D eigenvalue weighted by Gasteiger charge is 2.46. The molecule has 2 aliphatic heterocycles. The zero-order chi connectivity index (χ0) is 30.7. The third kappa shape index (κ3) is 4.85. The number of amides is 1. The van der Waals surface area contributed by atoms with Gasteiger partial charge in [-0.15, -0.1) is 0 Å². The third-order valence-electron chi connectivity index (χ3n) is 9.76. The van der Waals surface area contributed by atoms with E-state index in [9.17, 15) is 14.4 Å². The van der Waals surface area contributed by atoms with Crippen molar-refractivity contribution in [2.75, 3.05) is 44.7 Å². The number of nitriles is 1. The highest BCUT2D eigenvalue weighted by atomic mass is 19.1. The Morgan fingerprint density at radius 2 is 2.05 bits per heavy atom. The Morgan fingerprint density at radius 1 is 1.20 bits per heavy atom. The Balaban J connectivity index is 1.32. The zero-order valence-electron chi connectivity index (χ0n) is 24.5. The molecular weight excluding hydrogens is 569 g/mol. The average molecular weight is 603 g/mol. The molecule has 0 N–H and O–H groups in total. The minimum Gasteiger partial charge on any atom is -0.462 e. The Hall–Kier alpha value is -4.17. The number of likely N-dealkylation sites (N-methyl/N-ethyl adjacent to an activating group) is 1. The van der Waals surface area contributed by atoms with Crippen molar-refractivity contribution in [3.05, 3.63) is 59.4 Å². The summed E-state index contributed by atoms with van der Waals surface area (Å²) in [5.41, 5.74) is 2.57. The number of hydrogen-bond donors (Lipinski definition) is 0. The minimum atomic E-state index is -1.11. The average Bonchev–Trinajstić information content (AvgIpc) is 3.48. The number of carbonyl (C=O) groups is 1. The molecule has 8 nitrogen and oxygen atoms in total. The third-order valence-corrected chi connectivity index (χ3v) is 9.76. The van der Waals surface area contributed by atoms with E-state index in [2.05, 4.69) is 27.5 Å². The molecule has 1 amide bonds. The van der Waals surface area contributed by atoms with Crippen LogP contribution in [0.1, 0.15) is 42.7 Å². The summed E-state index contributed by atoms with van der Waals surface area (Å²) < 4.78 is 52.6. The molecule has 3 aromatic rings. The second-order valence-electron chi connectivity index (χ2n) is 12.4. The molecule has 4 aliphatic rings. The summed E-state index contributed by atoms with van der Waals surface area (Å²) in [6, 6.07) is 8.45. The van der Waals surface area contributed by atoms with Crippen molar-refractivity contribution < 1.29 is 22.7 Å². The lowest BCUT2D eigenvalue weighted by Gasteiger charge is -2.41. The van der Waals surface area contributed by atoms with Crippen molar-refractivity contribution in [3.8, 4) is 23.2 Å². The fourth-order valence-corrected chi connectivity index (χ4v) is 7.38. The second-order valence-corrected chi connectivity index (χ2v) is 12.4. The van der Waals surface area contributed by atoms with Crippen molar-refractivity contribution in [2.24, 2.45) is 5.92 Å². The van der Waals surface area contributed by atoms with E-state index in [1.54, 1.807) is 11.0 Å². The predicted octanol–water partition coefficient (Wildman–Crippen LogP) is 5.12. The molecule has 7 rings (SSSR count). The lowest BCUT2D eigenvalue weighted by molar-refractivity contribution is -0.131. The van der Waals surface area contributed by atoms with E-state index in [1.165, 1.54) is 11.0 Å². The molecule has 0 unspecified atom stereocenters. The maximum atomic E-state index is 16.6. The van der Waals surface area contributed by atoms with Gasteiger partial charge in [0.1, 0.15) is 23.8 Å². The maximum Gasteiger partial charge on any atom is 0.319 e. The summed E-state index contributed by atoms with van der Waals surface area (Å²) in [6.45, 7) is 4.74. The first-order chi connectivity index (χ1) is 21.2. The standard InChI is InChI=1S/C33H33F3N6O2/c1-18(34)32(43)42-12-11-41(16-21(42)8-9-37)31-25-15-26(35)28(23-7-3-5-19-13-20-14-24(20)27(19)23)29(36)30(25)38-33(39-31)44-17-22-6-4-10-40(22)2/h3,5,7,15,20-22,24H,1,4,6,8,10-14,16-17H2,2H3/t20-,21+,22+,24+/m1/s1. The topological polar surface area (TPSA) is 85.6 Å². The normalized spacial score (nSPS) is 24.2. The van der Waals surface area contributed by atoms with Gasteiger partial charge in [-0.3, -0.25) is 4.79 Å². The van der Waals surface area contributed by atoms with E-state index in [1.807, 2.05) is 19.2 Å². The molecule has 228 valence electrons. The van der Waals surface area contributed by atoms with Crippen LogP contribution in [0.25, 0.3) is 22.0 Å². The molecule has 1 saturated carbocycles. The summed E-state index contributed by atoms with van der Waals surface area (Å²) in [4.78, 5) is 26.8. The largest absolute Gasteiger partial charge is 0.462 e. The first-order valence-corrected chi connectivity index (χ1v) is 15.2. The molecule has 11 heteroatoms. The second kappa shape index (κ2) is 11.1. The number of nitrogens with zero attached hydrogens (tertiary/aromatic N) is 6. The molecule has 3 heterocycles. The van der Waals surface area contributed by atoms with Crippen LogP contribution in [0.15, 0.2) is 36.7 Å². The molecule has 0 spiro atoms. The minimum absolute atomic E-state index is 0.0303. The Kier molecular flexibility index (Phi) is 7.20. The smallest absolute Gasteiger partial charge is 0.319 e. The van der Waals surface area contributed by atoms with Gasteiger partial charge in [0, 0.05) is 31.1 Å². The molecule has 4 atom stereocenters. The van der Waals surface area contributed by atoms with Gasteiger partial charge in [0.2, 0.25) is 0 Å². The van der Waals surface area contributed by atoms with Gasteiger partial charge in [-0.25, -0.2) is 13.2 Å². The van der Waals surface area contributed by atoms with Crippen LogP contribution in [-0.2, 0) is 11.2 Å². The van der Waals surface area contributed by atoms with Crippen molar-refractivity contribution >= 4 is 22.6 Å². The summed E-state index contributed by atoms with van der Waals surface area (Å²) in [7, 11) is 2.02. The lowest BCUT2D eigenvalue weighted by atomic mass is 9.93. The quantitative estimate of drug-likeness (QED) is 0.347. The highest BCUT2D eigenvalue weighted by Crippen LogP contribution is 2.59. The van der Waals surface area contributed by atoms with Crippen LogP contribution in [-0.4, -0.2) is 77.6 Å². The first-order valence-electron chi connectivity index (χ1n) is 15.2. The van der Waals surface area contributed by atoms with Crippen molar-refractivity contribution in [2.45, 2.75) is 50.1 Å². The van der Waals surface area contributed by atoms with E-state index in [0.717, 1.165) is 43.4 Å². The molecule has 0 bridgehead atoms. The molecule has 2 aliphatic carbocycles. The molecule has 44 heavy (non-hydrogen) atoms. The number of rotatable bonds is 7. The fourth-order valence-electron chi connectivity index (χ4n) is 7.38. The number of halogens is 3. The number of piperazine rings is 1. The van der Waals surface area contributed by atoms with Crippen molar-refractivity contribution in [3.63, 3.8) is 0 Å². The van der Waals surface area contributed by atoms with Gasteiger partial charge in [0.25, 0.3) is 5.91 Å². The van der Waals surface area contributed by atoms with E-state index in [0.29, 0.717) is 24.0 Å². The van der Waals surface area contributed by atoms with Crippen molar-refractivity contribution in [1.82, 2.24) is 19.8 Å². The van der Waals surface area contributed by atoms with Crippen LogP contribution in [0, 0.1) is 28.9 Å². The maximum absolute atomic E-state index is 16.6. The molecule has 3 fully saturated rings. The van der Waals surface area contributed by atoms with Gasteiger partial charge in [0.05, 0.1) is 24.1 Å². The van der Waals surface area contributed by atoms with Crippen LogP contribution >= 0.6 is 0 Å². The van der Waals surface area contributed by atoms with Gasteiger partial charge in [-0.2, -0.15) is 15.2 Å². The molecular formula is C33H33F3N6O2. The predicted molar refractivity (Wildman–Crippen MR) is 159 cm³/mol. The zero-order valence-corrected chi connectivity index (χ0v) is 24.5. The Morgan fingerprint density at radius 3 is 2.80 bits per heavy atom. The SMILES string of the molecule is C=C(F)C(=O)N1CCN(c2nc(OC[C@@H]3CCCN3C)nc3c(F)c(-c4cccc5c4[C@H]4C[C@H]4C5)c(F)cc23)C[C@@H]1CC#N. The Bertz CT molecular complexity index is 1720. The number of benzene rings is 2. The van der Waals surface area contributed by atoms with Crippen LogP contribution in [0.2, 0.25) is 0 Å². The van der Waals surface area contributed by atoms with Crippen LogP contribution in [0.3, 0.4) is 0 Å². The molecule has 0 radical (unpaired) electrons. The number of anilines is 1. The number of aromatic nitrogens is 2. The van der Waals surface area contributed by atoms with Crippen LogP contribution in [0.5, 0.6) is 6.01 Å². The summed E-state index contributed by atoms with van der Waals surface area (Å²) in [5, 5.41) is 9.62. The highest BCUT2D eigenvalue weighted by molar-refractivity contribution is 5.95. The molecule has 2 saturated heterocycles. The lowest BCUT2D eigenvalue weighted by Crippen LogP contribution is -2.55. The van der Waals surface area contributed by atoms with Gasteiger partial charge in [0.15, 0.2) is 11.6 Å². The first kappa shape index (κ1) is 28.6. The number of ether oxygens (including phenoxy) is 1. The molecule has 2 aromatic carbocycles. The van der Waals surface area contributed by atoms with Gasteiger partial charge < -0.3 is 19.4 Å². The number of likely N-dealkylation sites (tertiary alicyclic amines) is 1. The number of fused-ring (bicyclic) bond motifs is 4. The van der Waals surface area contributed by atoms with E-state index in [4.69, 9.17) is 4.74 Å². The monoisotopic (exact) mass is 602 g/mol. The summed E-state index contributed by atoms with van der Waals surface area (Å²) in [5.74, 6) is -2.36. The number of hydrogen-bond acceptors (Lipinski definition) is 7. The van der Waals surface area contributed by atoms with Crippen LogP contribution < -0.4 is 9.64 Å². The van der Waals surface area contributed by atoms with Crippen molar-refractivity contribution in [1.29, 1.82) is 5.26 Å². The Labute approximate surface area is 253 Å².